The molecular weight excluding hydrogens is 326 g/mol. The molecule has 0 aliphatic heterocycles. The third-order valence-electron chi connectivity index (χ3n) is 2.42. The molecule has 0 heterocycles. The fourth-order valence-electron chi connectivity index (χ4n) is 1.51. The van der Waals surface area contributed by atoms with Crippen molar-refractivity contribution in [2.75, 3.05) is 10.5 Å². The first-order valence-corrected chi connectivity index (χ1v) is 7.56. The Kier molecular flexibility index (Phi) is 4.08. The van der Waals surface area contributed by atoms with E-state index in [0.29, 0.717) is 5.69 Å². The molecule has 0 aromatic heterocycles. The lowest BCUT2D eigenvalue weighted by atomic mass is 10.3. The molecule has 0 radical (unpaired) electrons. The van der Waals surface area contributed by atoms with E-state index in [9.17, 15) is 12.8 Å². The zero-order valence-electron chi connectivity index (χ0n) is 9.90. The number of nitrogen functional groups attached to an aromatic ring is 1. The molecule has 20 heavy (non-hydrogen) atoms. The van der Waals surface area contributed by atoms with Gasteiger partial charge in [0, 0.05) is 5.69 Å². The van der Waals surface area contributed by atoms with Crippen molar-refractivity contribution >= 4 is 44.6 Å². The predicted molar refractivity (Wildman–Crippen MR) is 78.1 cm³/mol. The average Bonchev–Trinajstić information content (AvgIpc) is 2.33. The maximum atomic E-state index is 12.9. The second kappa shape index (κ2) is 5.47. The maximum Gasteiger partial charge on any atom is 0.263 e. The van der Waals surface area contributed by atoms with Crippen LogP contribution in [0.2, 0.25) is 10.0 Å². The highest BCUT2D eigenvalue weighted by molar-refractivity contribution is 7.92. The van der Waals surface area contributed by atoms with E-state index in [-0.39, 0.29) is 20.6 Å². The van der Waals surface area contributed by atoms with Crippen LogP contribution in [0.3, 0.4) is 0 Å². The van der Waals surface area contributed by atoms with Crippen LogP contribution in [0.15, 0.2) is 41.3 Å². The van der Waals surface area contributed by atoms with Gasteiger partial charge in [0.1, 0.15) is 10.7 Å². The van der Waals surface area contributed by atoms with E-state index in [4.69, 9.17) is 28.9 Å². The first-order valence-electron chi connectivity index (χ1n) is 5.32. The van der Waals surface area contributed by atoms with E-state index >= 15 is 0 Å². The summed E-state index contributed by atoms with van der Waals surface area (Å²) in [6.07, 6.45) is 0. The van der Waals surface area contributed by atoms with Gasteiger partial charge in [-0.3, -0.25) is 4.72 Å². The second-order valence-electron chi connectivity index (χ2n) is 3.92. The van der Waals surface area contributed by atoms with Gasteiger partial charge in [0.05, 0.1) is 15.7 Å². The van der Waals surface area contributed by atoms with E-state index < -0.39 is 15.8 Å². The van der Waals surface area contributed by atoms with Crippen LogP contribution in [0.5, 0.6) is 0 Å². The molecular formula is C12H9Cl2FN2O2S. The molecule has 0 aliphatic rings. The molecule has 0 unspecified atom stereocenters. The van der Waals surface area contributed by atoms with E-state index in [2.05, 4.69) is 4.72 Å². The lowest BCUT2D eigenvalue weighted by molar-refractivity contribution is 0.600. The van der Waals surface area contributed by atoms with Gasteiger partial charge in [-0.1, -0.05) is 23.2 Å². The zero-order chi connectivity index (χ0) is 14.9. The van der Waals surface area contributed by atoms with Crippen molar-refractivity contribution in [2.24, 2.45) is 0 Å². The molecule has 2 aromatic carbocycles. The van der Waals surface area contributed by atoms with E-state index in [0.717, 1.165) is 18.2 Å². The number of halogens is 3. The minimum absolute atomic E-state index is 0.118. The van der Waals surface area contributed by atoms with E-state index in [1.807, 2.05) is 0 Å². The smallest absolute Gasteiger partial charge is 0.263 e. The Labute approximate surface area is 125 Å². The van der Waals surface area contributed by atoms with Crippen molar-refractivity contribution in [3.8, 4) is 0 Å². The molecule has 3 N–H and O–H groups in total. The minimum atomic E-state index is -3.99. The second-order valence-corrected chi connectivity index (χ2v) is 6.38. The van der Waals surface area contributed by atoms with Gasteiger partial charge in [0.2, 0.25) is 0 Å². The Morgan fingerprint density at radius 1 is 1.05 bits per heavy atom. The summed E-state index contributed by atoms with van der Waals surface area (Å²) >= 11 is 11.6. The molecule has 0 amide bonds. The quantitative estimate of drug-likeness (QED) is 0.843. The highest BCUT2D eigenvalue weighted by Gasteiger charge is 2.19. The molecule has 0 atom stereocenters. The number of sulfonamides is 1. The molecule has 0 spiro atoms. The molecule has 106 valence electrons. The van der Waals surface area contributed by atoms with Gasteiger partial charge in [-0.15, -0.1) is 0 Å². The zero-order valence-corrected chi connectivity index (χ0v) is 12.2. The molecule has 2 rings (SSSR count). The number of nitrogens with two attached hydrogens (primary N) is 1. The van der Waals surface area contributed by atoms with Gasteiger partial charge >= 0.3 is 0 Å². The fraction of sp³-hybridized carbons (Fsp3) is 0. The summed E-state index contributed by atoms with van der Waals surface area (Å²) in [5.74, 6) is -0.629. The van der Waals surface area contributed by atoms with Crippen molar-refractivity contribution in [3.05, 3.63) is 52.3 Å². The summed E-state index contributed by atoms with van der Waals surface area (Å²) < 4.78 is 39.6. The van der Waals surface area contributed by atoms with Crippen LogP contribution in [0.1, 0.15) is 0 Å². The Morgan fingerprint density at radius 3 is 2.40 bits per heavy atom. The summed E-state index contributed by atoms with van der Waals surface area (Å²) in [6, 6.07) is 7.35. The van der Waals surface area contributed by atoms with E-state index in [1.54, 1.807) is 0 Å². The molecule has 0 saturated carbocycles. The maximum absolute atomic E-state index is 12.9. The fourth-order valence-corrected chi connectivity index (χ4v) is 3.34. The Hall–Kier alpha value is -1.50. The average molecular weight is 335 g/mol. The summed E-state index contributed by atoms with van der Waals surface area (Å²) in [6.45, 7) is 0. The lowest BCUT2D eigenvalue weighted by Crippen LogP contribution is -2.14. The highest BCUT2D eigenvalue weighted by Crippen LogP contribution is 2.29. The summed E-state index contributed by atoms with van der Waals surface area (Å²) in [5, 5.41) is -0.0430. The Bertz CT molecular complexity index is 766. The Morgan fingerprint density at radius 2 is 1.75 bits per heavy atom. The van der Waals surface area contributed by atoms with Crippen LogP contribution in [-0.4, -0.2) is 8.42 Å². The van der Waals surface area contributed by atoms with Gasteiger partial charge < -0.3 is 5.73 Å². The standard InChI is InChI=1S/C12H9Cl2FN2O2S/c13-9-3-2-8(16)6-11(9)17-20(18,19)12-4-1-7(15)5-10(12)14/h1-6,17H,16H2. The van der Waals surface area contributed by atoms with Crippen LogP contribution in [0.4, 0.5) is 15.8 Å². The number of anilines is 2. The van der Waals surface area contributed by atoms with Crippen molar-refractivity contribution in [2.45, 2.75) is 4.90 Å². The van der Waals surface area contributed by atoms with Crippen LogP contribution in [-0.2, 0) is 10.0 Å². The molecule has 2 aromatic rings. The number of rotatable bonds is 3. The molecule has 0 aliphatic carbocycles. The normalized spacial score (nSPS) is 11.3. The third kappa shape index (κ3) is 3.15. The summed E-state index contributed by atoms with van der Waals surface area (Å²) in [4.78, 5) is -0.251. The summed E-state index contributed by atoms with van der Waals surface area (Å²) in [7, 11) is -3.99. The van der Waals surface area contributed by atoms with Crippen molar-refractivity contribution in [1.82, 2.24) is 0 Å². The third-order valence-corrected chi connectivity index (χ3v) is 4.60. The molecule has 8 heteroatoms. The monoisotopic (exact) mass is 334 g/mol. The first-order chi connectivity index (χ1) is 9.29. The number of nitrogens with one attached hydrogen (secondary N) is 1. The van der Waals surface area contributed by atoms with Crippen LogP contribution >= 0.6 is 23.2 Å². The molecule has 0 bridgehead atoms. The van der Waals surface area contributed by atoms with Crippen molar-refractivity contribution in [3.63, 3.8) is 0 Å². The largest absolute Gasteiger partial charge is 0.399 e. The van der Waals surface area contributed by atoms with Gasteiger partial charge in [-0.2, -0.15) is 0 Å². The van der Waals surface area contributed by atoms with Gasteiger partial charge in [-0.25, -0.2) is 12.8 Å². The highest BCUT2D eigenvalue weighted by atomic mass is 35.5. The van der Waals surface area contributed by atoms with Gasteiger partial charge in [0.15, 0.2) is 0 Å². The SMILES string of the molecule is Nc1ccc(Cl)c(NS(=O)(=O)c2ccc(F)cc2Cl)c1. The van der Waals surface area contributed by atoms with Crippen molar-refractivity contribution in [1.29, 1.82) is 0 Å². The predicted octanol–water partition coefficient (Wildman–Crippen LogP) is 3.52. The first kappa shape index (κ1) is 14.9. The number of hydrogen-bond acceptors (Lipinski definition) is 3. The number of hydrogen-bond donors (Lipinski definition) is 2. The van der Waals surface area contributed by atoms with Crippen LogP contribution in [0, 0.1) is 5.82 Å². The van der Waals surface area contributed by atoms with Crippen LogP contribution < -0.4 is 10.5 Å². The van der Waals surface area contributed by atoms with Gasteiger partial charge in [-0.05, 0) is 36.4 Å². The van der Waals surface area contributed by atoms with E-state index in [1.165, 1.54) is 18.2 Å². The minimum Gasteiger partial charge on any atom is -0.399 e. The molecule has 0 saturated heterocycles. The topological polar surface area (TPSA) is 72.2 Å². The van der Waals surface area contributed by atoms with Crippen LogP contribution in [0.25, 0.3) is 0 Å². The summed E-state index contributed by atoms with van der Waals surface area (Å²) in [5.41, 5.74) is 6.03. The lowest BCUT2D eigenvalue weighted by Gasteiger charge is -2.11. The van der Waals surface area contributed by atoms with Crippen molar-refractivity contribution < 1.29 is 12.8 Å². The molecule has 0 fully saturated rings. The van der Waals surface area contributed by atoms with Gasteiger partial charge in [0.25, 0.3) is 10.0 Å². The number of benzene rings is 2. The Balaban J connectivity index is 2.43. The molecule has 4 nitrogen and oxygen atoms in total.